The van der Waals surface area contributed by atoms with Gasteiger partial charge in [-0.25, -0.2) is 0 Å². The molecule has 0 bridgehead atoms. The fraction of sp³-hybridized carbons (Fsp3) is 0.667. The number of ether oxygens (including phenoxy) is 1. The molecule has 1 aromatic rings. The molecule has 1 fully saturated rings. The van der Waals surface area contributed by atoms with Crippen LogP contribution in [0.4, 0.5) is 0 Å². The Morgan fingerprint density at radius 1 is 1.35 bits per heavy atom. The molecule has 0 aliphatic heterocycles. The number of benzene rings is 1. The fourth-order valence-electron chi connectivity index (χ4n) is 3.33. The lowest BCUT2D eigenvalue weighted by Gasteiger charge is -2.28. The molecule has 2 atom stereocenters. The van der Waals surface area contributed by atoms with Crippen LogP contribution in [-0.2, 0) is 5.41 Å². The minimum absolute atomic E-state index is 0.232. The van der Waals surface area contributed by atoms with Crippen LogP contribution in [0.15, 0.2) is 24.3 Å². The highest BCUT2D eigenvalue weighted by atomic mass is 16.5. The van der Waals surface area contributed by atoms with E-state index in [1.54, 1.807) is 0 Å². The van der Waals surface area contributed by atoms with Crippen LogP contribution in [0, 0.1) is 0 Å². The molecule has 1 aromatic carbocycles. The second-order valence-electron chi connectivity index (χ2n) is 6.62. The molecule has 0 amide bonds. The van der Waals surface area contributed by atoms with Crippen molar-refractivity contribution in [3.05, 3.63) is 29.8 Å². The van der Waals surface area contributed by atoms with E-state index < -0.39 is 0 Å². The molecular formula is C18H29NO. The van der Waals surface area contributed by atoms with Crippen molar-refractivity contribution in [1.82, 2.24) is 5.32 Å². The first kappa shape index (κ1) is 15.4. The minimum atomic E-state index is 0.232. The first-order chi connectivity index (χ1) is 9.55. The van der Waals surface area contributed by atoms with Gasteiger partial charge in [0.05, 0.1) is 6.10 Å². The zero-order valence-electron chi connectivity index (χ0n) is 13.4. The SMILES string of the molecule is CCCNC1CCC(C)(c2ccccc2OC(C)C)C1. The molecule has 1 aliphatic rings. The molecule has 1 N–H and O–H groups in total. The minimum Gasteiger partial charge on any atom is -0.491 e. The van der Waals surface area contributed by atoms with Crippen molar-refractivity contribution in [3.63, 3.8) is 0 Å². The van der Waals surface area contributed by atoms with Gasteiger partial charge in [0.15, 0.2) is 0 Å². The molecule has 20 heavy (non-hydrogen) atoms. The van der Waals surface area contributed by atoms with Crippen molar-refractivity contribution in [2.45, 2.75) is 70.9 Å². The number of hydrogen-bond donors (Lipinski definition) is 1. The van der Waals surface area contributed by atoms with Gasteiger partial charge < -0.3 is 10.1 Å². The second kappa shape index (κ2) is 6.62. The van der Waals surface area contributed by atoms with Crippen LogP contribution < -0.4 is 10.1 Å². The van der Waals surface area contributed by atoms with E-state index in [1.807, 2.05) is 0 Å². The number of nitrogens with one attached hydrogen (secondary N) is 1. The van der Waals surface area contributed by atoms with Gasteiger partial charge in [-0.1, -0.05) is 32.0 Å². The maximum Gasteiger partial charge on any atom is 0.123 e. The zero-order chi connectivity index (χ0) is 14.6. The Labute approximate surface area is 123 Å². The maximum atomic E-state index is 6.02. The number of hydrogen-bond acceptors (Lipinski definition) is 2. The fourth-order valence-corrected chi connectivity index (χ4v) is 3.33. The van der Waals surface area contributed by atoms with Gasteiger partial charge in [-0.05, 0) is 57.6 Å². The average molecular weight is 275 g/mol. The Hall–Kier alpha value is -1.02. The Morgan fingerprint density at radius 2 is 2.10 bits per heavy atom. The van der Waals surface area contributed by atoms with E-state index in [1.165, 1.54) is 31.2 Å². The van der Waals surface area contributed by atoms with Crippen molar-refractivity contribution in [3.8, 4) is 5.75 Å². The Balaban J connectivity index is 2.14. The van der Waals surface area contributed by atoms with Gasteiger partial charge in [0.25, 0.3) is 0 Å². The third kappa shape index (κ3) is 3.54. The van der Waals surface area contributed by atoms with Crippen molar-refractivity contribution < 1.29 is 4.74 Å². The Bertz CT molecular complexity index is 429. The highest BCUT2D eigenvalue weighted by Crippen LogP contribution is 2.44. The summed E-state index contributed by atoms with van der Waals surface area (Å²) in [5.41, 5.74) is 1.63. The molecule has 0 aromatic heterocycles. The lowest BCUT2D eigenvalue weighted by atomic mass is 9.80. The largest absolute Gasteiger partial charge is 0.491 e. The van der Waals surface area contributed by atoms with Gasteiger partial charge >= 0.3 is 0 Å². The van der Waals surface area contributed by atoms with Crippen molar-refractivity contribution >= 4 is 0 Å². The molecule has 0 heterocycles. The summed E-state index contributed by atoms with van der Waals surface area (Å²) in [5, 5.41) is 3.68. The summed E-state index contributed by atoms with van der Waals surface area (Å²) in [6, 6.07) is 9.24. The van der Waals surface area contributed by atoms with Crippen LogP contribution in [0.3, 0.4) is 0 Å². The van der Waals surface area contributed by atoms with Crippen molar-refractivity contribution in [1.29, 1.82) is 0 Å². The van der Waals surface area contributed by atoms with Crippen LogP contribution in [0.2, 0.25) is 0 Å². The summed E-state index contributed by atoms with van der Waals surface area (Å²) < 4.78 is 6.02. The molecule has 0 spiro atoms. The summed E-state index contributed by atoms with van der Waals surface area (Å²) in [6.07, 6.45) is 5.17. The standard InChI is InChI=1S/C18H29NO/c1-5-12-19-15-10-11-18(4,13-15)16-8-6-7-9-17(16)20-14(2)3/h6-9,14-15,19H,5,10-13H2,1-4H3. The maximum absolute atomic E-state index is 6.02. The molecule has 1 aliphatic carbocycles. The summed E-state index contributed by atoms with van der Waals surface area (Å²) >= 11 is 0. The average Bonchev–Trinajstić information content (AvgIpc) is 2.79. The van der Waals surface area contributed by atoms with E-state index in [4.69, 9.17) is 4.74 Å². The topological polar surface area (TPSA) is 21.3 Å². The number of para-hydroxylation sites is 1. The van der Waals surface area contributed by atoms with Gasteiger partial charge in [-0.2, -0.15) is 0 Å². The molecule has 2 rings (SSSR count). The smallest absolute Gasteiger partial charge is 0.123 e. The van der Waals surface area contributed by atoms with Crippen molar-refractivity contribution in [2.75, 3.05) is 6.54 Å². The second-order valence-corrected chi connectivity index (χ2v) is 6.62. The third-order valence-corrected chi connectivity index (χ3v) is 4.32. The summed E-state index contributed by atoms with van der Waals surface area (Å²) in [5.74, 6) is 1.07. The first-order valence-corrected chi connectivity index (χ1v) is 8.04. The van der Waals surface area contributed by atoms with Crippen LogP contribution in [0.25, 0.3) is 0 Å². The molecule has 2 heteroatoms. The molecular weight excluding hydrogens is 246 g/mol. The van der Waals surface area contributed by atoms with Crippen LogP contribution in [-0.4, -0.2) is 18.7 Å². The van der Waals surface area contributed by atoms with Gasteiger partial charge in [0, 0.05) is 11.6 Å². The van der Waals surface area contributed by atoms with E-state index in [0.29, 0.717) is 6.04 Å². The zero-order valence-corrected chi connectivity index (χ0v) is 13.4. The van der Waals surface area contributed by atoms with Crippen molar-refractivity contribution in [2.24, 2.45) is 0 Å². The molecule has 0 saturated heterocycles. The van der Waals surface area contributed by atoms with E-state index in [9.17, 15) is 0 Å². The molecule has 0 radical (unpaired) electrons. The molecule has 1 saturated carbocycles. The molecule has 2 unspecified atom stereocenters. The lowest BCUT2D eigenvalue weighted by Crippen LogP contribution is -2.29. The third-order valence-electron chi connectivity index (χ3n) is 4.32. The lowest BCUT2D eigenvalue weighted by molar-refractivity contribution is 0.235. The van der Waals surface area contributed by atoms with Gasteiger partial charge in [0.1, 0.15) is 5.75 Å². The Kier molecular flexibility index (Phi) is 5.09. The van der Waals surface area contributed by atoms with Crippen LogP contribution >= 0.6 is 0 Å². The normalized spacial score (nSPS) is 26.1. The predicted molar refractivity (Wildman–Crippen MR) is 85.5 cm³/mol. The van der Waals surface area contributed by atoms with E-state index in [-0.39, 0.29) is 11.5 Å². The van der Waals surface area contributed by atoms with Gasteiger partial charge in [-0.15, -0.1) is 0 Å². The van der Waals surface area contributed by atoms with Crippen LogP contribution in [0.1, 0.15) is 58.9 Å². The summed E-state index contributed by atoms with van der Waals surface area (Å²) in [4.78, 5) is 0. The van der Waals surface area contributed by atoms with Crippen LogP contribution in [0.5, 0.6) is 5.75 Å². The summed E-state index contributed by atoms with van der Waals surface area (Å²) in [6.45, 7) is 9.94. The van der Waals surface area contributed by atoms with E-state index in [2.05, 4.69) is 57.3 Å². The monoisotopic (exact) mass is 275 g/mol. The quantitative estimate of drug-likeness (QED) is 0.836. The molecule has 2 nitrogen and oxygen atoms in total. The highest BCUT2D eigenvalue weighted by molar-refractivity contribution is 5.40. The Morgan fingerprint density at radius 3 is 2.80 bits per heavy atom. The highest BCUT2D eigenvalue weighted by Gasteiger charge is 2.38. The molecule has 112 valence electrons. The number of rotatable bonds is 6. The van der Waals surface area contributed by atoms with Gasteiger partial charge in [0.2, 0.25) is 0 Å². The first-order valence-electron chi connectivity index (χ1n) is 8.04. The van der Waals surface area contributed by atoms with E-state index >= 15 is 0 Å². The van der Waals surface area contributed by atoms with E-state index in [0.717, 1.165) is 12.3 Å². The summed E-state index contributed by atoms with van der Waals surface area (Å²) in [7, 11) is 0. The van der Waals surface area contributed by atoms with Gasteiger partial charge in [-0.3, -0.25) is 0 Å². The predicted octanol–water partition coefficient (Wildman–Crippen LogP) is 4.28.